The molecule has 1 aliphatic heterocycles. The largest absolute Gasteiger partial charge is 0.355 e. The second-order valence-electron chi connectivity index (χ2n) is 5.65. The second kappa shape index (κ2) is 6.96. The Kier molecular flexibility index (Phi) is 4.93. The van der Waals surface area contributed by atoms with Gasteiger partial charge < -0.3 is 5.32 Å². The number of amides is 1. The van der Waals surface area contributed by atoms with E-state index in [1.54, 1.807) is 23.9 Å². The van der Waals surface area contributed by atoms with Gasteiger partial charge in [-0.1, -0.05) is 30.3 Å². The molecule has 0 aliphatic carbocycles. The van der Waals surface area contributed by atoms with Crippen LogP contribution in [0.4, 0.5) is 0 Å². The number of carbonyl (C=O) groups is 1. The number of rotatable bonds is 5. The highest BCUT2D eigenvalue weighted by Crippen LogP contribution is 2.36. The summed E-state index contributed by atoms with van der Waals surface area (Å²) in [6, 6.07) is 14.5. The highest BCUT2D eigenvalue weighted by atomic mass is 32.2. The zero-order valence-corrected chi connectivity index (χ0v) is 14.6. The maximum atomic E-state index is 12.3. The van der Waals surface area contributed by atoms with E-state index in [1.807, 2.05) is 18.2 Å². The lowest BCUT2D eigenvalue weighted by Crippen LogP contribution is -2.33. The minimum absolute atomic E-state index is 0.0392. The Morgan fingerprint density at radius 2 is 1.88 bits per heavy atom. The first-order chi connectivity index (χ1) is 11.4. The fourth-order valence-electron chi connectivity index (χ4n) is 2.62. The first-order valence-electron chi connectivity index (χ1n) is 7.57. The third-order valence-electron chi connectivity index (χ3n) is 3.90. The second-order valence-corrected chi connectivity index (χ2v) is 8.45. The van der Waals surface area contributed by atoms with Gasteiger partial charge in [0.2, 0.25) is 15.9 Å². The molecule has 3 N–H and O–H groups in total. The van der Waals surface area contributed by atoms with Gasteiger partial charge in [-0.3, -0.25) is 4.79 Å². The number of carbonyl (C=O) groups excluding carboxylic acids is 1. The van der Waals surface area contributed by atoms with E-state index in [9.17, 15) is 13.2 Å². The molecule has 0 unspecified atom stereocenters. The molecule has 0 bridgehead atoms. The molecule has 0 saturated carbocycles. The van der Waals surface area contributed by atoms with Crippen molar-refractivity contribution < 1.29 is 13.2 Å². The molecule has 1 heterocycles. The molecule has 0 saturated heterocycles. The molecule has 2 aromatic rings. The van der Waals surface area contributed by atoms with Crippen molar-refractivity contribution in [2.24, 2.45) is 5.14 Å². The number of thioether (sulfide) groups is 1. The van der Waals surface area contributed by atoms with E-state index < -0.39 is 10.0 Å². The lowest BCUT2D eigenvalue weighted by Gasteiger charge is -2.10. The standard InChI is InChI=1S/C17H18N2O3S2/c18-24(21,22)14-7-5-12(6-8-14)9-10-19-17(20)16-11-13-3-1-2-4-15(13)23-16/h1-8,16H,9-11H2,(H,19,20)(H2,18,21,22)/t16-/m0/s1. The highest BCUT2D eigenvalue weighted by Gasteiger charge is 2.27. The van der Waals surface area contributed by atoms with Gasteiger partial charge in [0.25, 0.3) is 0 Å². The number of sulfonamides is 1. The van der Waals surface area contributed by atoms with Crippen molar-refractivity contribution in [1.82, 2.24) is 5.32 Å². The smallest absolute Gasteiger partial charge is 0.238 e. The molecular formula is C17H18N2O3S2. The van der Waals surface area contributed by atoms with Gasteiger partial charge in [-0.05, 0) is 42.2 Å². The number of hydrogen-bond acceptors (Lipinski definition) is 4. The van der Waals surface area contributed by atoms with Crippen LogP contribution in [0.15, 0.2) is 58.3 Å². The highest BCUT2D eigenvalue weighted by molar-refractivity contribution is 8.01. The van der Waals surface area contributed by atoms with E-state index in [4.69, 9.17) is 5.14 Å². The molecular weight excluding hydrogens is 344 g/mol. The average Bonchev–Trinajstić information content (AvgIpc) is 2.98. The molecule has 5 nitrogen and oxygen atoms in total. The van der Waals surface area contributed by atoms with Gasteiger partial charge in [0.15, 0.2) is 0 Å². The number of hydrogen-bond donors (Lipinski definition) is 2. The fraction of sp³-hybridized carbons (Fsp3) is 0.235. The van der Waals surface area contributed by atoms with Gasteiger partial charge >= 0.3 is 0 Å². The molecule has 1 amide bonds. The maximum absolute atomic E-state index is 12.3. The Hall–Kier alpha value is -1.83. The summed E-state index contributed by atoms with van der Waals surface area (Å²) < 4.78 is 22.4. The van der Waals surface area contributed by atoms with Crippen molar-refractivity contribution in [3.05, 3.63) is 59.7 Å². The molecule has 0 radical (unpaired) electrons. The summed E-state index contributed by atoms with van der Waals surface area (Å²) in [7, 11) is -3.66. The third-order valence-corrected chi connectivity index (χ3v) is 6.15. The van der Waals surface area contributed by atoms with Crippen LogP contribution in [-0.2, 0) is 27.7 Å². The van der Waals surface area contributed by atoms with E-state index >= 15 is 0 Å². The van der Waals surface area contributed by atoms with Crippen LogP contribution in [0.5, 0.6) is 0 Å². The van der Waals surface area contributed by atoms with Crippen LogP contribution in [0, 0.1) is 0 Å². The average molecular weight is 362 g/mol. The van der Waals surface area contributed by atoms with Crippen LogP contribution < -0.4 is 10.5 Å². The van der Waals surface area contributed by atoms with Crippen molar-refractivity contribution in [2.45, 2.75) is 27.9 Å². The third kappa shape index (κ3) is 3.98. The van der Waals surface area contributed by atoms with Crippen molar-refractivity contribution >= 4 is 27.7 Å². The van der Waals surface area contributed by atoms with Crippen molar-refractivity contribution in [3.63, 3.8) is 0 Å². The van der Waals surface area contributed by atoms with E-state index in [1.165, 1.54) is 22.6 Å². The lowest BCUT2D eigenvalue weighted by molar-refractivity contribution is -0.120. The number of nitrogens with one attached hydrogen (secondary N) is 1. The molecule has 0 spiro atoms. The van der Waals surface area contributed by atoms with Crippen molar-refractivity contribution in [2.75, 3.05) is 6.54 Å². The zero-order chi connectivity index (χ0) is 17.2. The molecule has 1 aliphatic rings. The Labute approximate surface area is 145 Å². The van der Waals surface area contributed by atoms with E-state index in [2.05, 4.69) is 11.4 Å². The van der Waals surface area contributed by atoms with Gasteiger partial charge in [-0.25, -0.2) is 13.6 Å². The molecule has 0 aromatic heterocycles. The zero-order valence-electron chi connectivity index (χ0n) is 12.9. The minimum Gasteiger partial charge on any atom is -0.355 e. The Bertz CT molecular complexity index is 823. The first-order valence-corrected chi connectivity index (χ1v) is 10.00. The summed E-state index contributed by atoms with van der Waals surface area (Å²) in [6.45, 7) is 0.515. The Morgan fingerprint density at radius 1 is 1.17 bits per heavy atom. The van der Waals surface area contributed by atoms with E-state index in [0.29, 0.717) is 13.0 Å². The summed E-state index contributed by atoms with van der Waals surface area (Å²) >= 11 is 1.60. The first kappa shape index (κ1) is 17.0. The quantitative estimate of drug-likeness (QED) is 0.847. The topological polar surface area (TPSA) is 89.3 Å². The summed E-state index contributed by atoms with van der Waals surface area (Å²) in [5, 5.41) is 7.94. The molecule has 24 heavy (non-hydrogen) atoms. The predicted molar refractivity (Wildman–Crippen MR) is 94.3 cm³/mol. The SMILES string of the molecule is NS(=O)(=O)c1ccc(CCNC(=O)[C@@H]2Cc3ccccc3S2)cc1. The van der Waals surface area contributed by atoms with Crippen LogP contribution in [-0.4, -0.2) is 26.1 Å². The number of benzene rings is 2. The predicted octanol–water partition coefficient (Wildman–Crippen LogP) is 1.71. The van der Waals surface area contributed by atoms with Gasteiger partial charge in [-0.2, -0.15) is 0 Å². The monoisotopic (exact) mass is 362 g/mol. The molecule has 0 fully saturated rings. The number of primary sulfonamides is 1. The fourth-order valence-corrected chi connectivity index (χ4v) is 4.35. The maximum Gasteiger partial charge on any atom is 0.238 e. The van der Waals surface area contributed by atoms with Crippen molar-refractivity contribution in [1.29, 1.82) is 0 Å². The van der Waals surface area contributed by atoms with Gasteiger partial charge in [0, 0.05) is 11.4 Å². The van der Waals surface area contributed by atoms with Crippen LogP contribution in [0.2, 0.25) is 0 Å². The van der Waals surface area contributed by atoms with E-state index in [0.717, 1.165) is 12.0 Å². The van der Waals surface area contributed by atoms with Crippen LogP contribution in [0.3, 0.4) is 0 Å². The van der Waals surface area contributed by atoms with E-state index in [-0.39, 0.29) is 16.1 Å². The van der Waals surface area contributed by atoms with Crippen LogP contribution in [0.25, 0.3) is 0 Å². The molecule has 7 heteroatoms. The molecule has 2 aromatic carbocycles. The Morgan fingerprint density at radius 3 is 2.54 bits per heavy atom. The summed E-state index contributed by atoms with van der Waals surface area (Å²) in [6.07, 6.45) is 1.40. The Balaban J connectivity index is 1.49. The summed E-state index contributed by atoms with van der Waals surface area (Å²) in [4.78, 5) is 13.5. The summed E-state index contributed by atoms with van der Waals surface area (Å²) in [5.41, 5.74) is 2.17. The number of fused-ring (bicyclic) bond motifs is 1. The number of nitrogens with two attached hydrogens (primary N) is 1. The molecule has 1 atom stereocenters. The van der Waals surface area contributed by atoms with Crippen molar-refractivity contribution in [3.8, 4) is 0 Å². The normalized spacial score (nSPS) is 16.6. The minimum atomic E-state index is -3.66. The van der Waals surface area contributed by atoms with Crippen LogP contribution >= 0.6 is 11.8 Å². The van der Waals surface area contributed by atoms with Crippen LogP contribution in [0.1, 0.15) is 11.1 Å². The molecule has 3 rings (SSSR count). The van der Waals surface area contributed by atoms with Gasteiger partial charge in [0.05, 0.1) is 10.1 Å². The summed E-state index contributed by atoms with van der Waals surface area (Å²) in [5.74, 6) is 0.0392. The van der Waals surface area contributed by atoms with Gasteiger partial charge in [-0.15, -0.1) is 11.8 Å². The van der Waals surface area contributed by atoms with Gasteiger partial charge in [0.1, 0.15) is 0 Å². The lowest BCUT2D eigenvalue weighted by atomic mass is 10.1. The molecule has 126 valence electrons.